The van der Waals surface area contributed by atoms with E-state index in [1.165, 1.54) is 0 Å². The number of ether oxygens (including phenoxy) is 1. The molecular weight excluding hydrogens is 320 g/mol. The van der Waals surface area contributed by atoms with E-state index in [1.54, 1.807) is 24.3 Å². The summed E-state index contributed by atoms with van der Waals surface area (Å²) in [7, 11) is 0. The molecule has 2 aromatic rings. The molecule has 1 amide bonds. The maximum atomic E-state index is 12.2. The smallest absolute Gasteiger partial charge is 0.255 e. The van der Waals surface area contributed by atoms with Gasteiger partial charge in [0.2, 0.25) is 0 Å². The Kier molecular flexibility index (Phi) is 4.63. The predicted molar refractivity (Wildman–Crippen MR) is 84.1 cm³/mol. The van der Waals surface area contributed by atoms with Crippen molar-refractivity contribution in [2.45, 2.75) is 6.92 Å². The van der Waals surface area contributed by atoms with Crippen LogP contribution in [0, 0.1) is 0 Å². The van der Waals surface area contributed by atoms with Crippen molar-refractivity contribution < 1.29 is 9.53 Å². The van der Waals surface area contributed by atoms with E-state index in [4.69, 9.17) is 10.5 Å². The Morgan fingerprint density at radius 2 is 2.05 bits per heavy atom. The minimum atomic E-state index is -0.210. The molecule has 0 radical (unpaired) electrons. The summed E-state index contributed by atoms with van der Waals surface area (Å²) in [5.41, 5.74) is 7.47. The van der Waals surface area contributed by atoms with Crippen molar-refractivity contribution in [1.29, 1.82) is 0 Å². The molecule has 0 spiro atoms. The zero-order valence-corrected chi connectivity index (χ0v) is 12.6. The number of rotatable bonds is 4. The van der Waals surface area contributed by atoms with Crippen molar-refractivity contribution in [3.05, 3.63) is 52.5 Å². The van der Waals surface area contributed by atoms with Gasteiger partial charge in [-0.1, -0.05) is 12.1 Å². The van der Waals surface area contributed by atoms with Crippen molar-refractivity contribution in [2.24, 2.45) is 0 Å². The number of nitrogens with one attached hydrogen (secondary N) is 1. The summed E-state index contributed by atoms with van der Waals surface area (Å²) < 4.78 is 6.17. The Bertz CT molecular complexity index is 629. The fourth-order valence-electron chi connectivity index (χ4n) is 1.71. The van der Waals surface area contributed by atoms with Crippen LogP contribution in [0.5, 0.6) is 5.75 Å². The van der Waals surface area contributed by atoms with Gasteiger partial charge in [-0.15, -0.1) is 0 Å². The van der Waals surface area contributed by atoms with E-state index < -0.39 is 0 Å². The number of hydrogen-bond acceptors (Lipinski definition) is 3. The molecule has 20 heavy (non-hydrogen) atoms. The van der Waals surface area contributed by atoms with Gasteiger partial charge in [0.1, 0.15) is 5.75 Å². The third-order valence-electron chi connectivity index (χ3n) is 2.70. The van der Waals surface area contributed by atoms with E-state index in [0.29, 0.717) is 33.8 Å². The van der Waals surface area contributed by atoms with Crippen LogP contribution in [-0.2, 0) is 0 Å². The first-order chi connectivity index (χ1) is 9.61. The maximum Gasteiger partial charge on any atom is 0.255 e. The van der Waals surface area contributed by atoms with Crippen LogP contribution in [-0.4, -0.2) is 12.5 Å². The van der Waals surface area contributed by atoms with Gasteiger partial charge in [0.25, 0.3) is 5.91 Å². The highest BCUT2D eigenvalue weighted by molar-refractivity contribution is 9.10. The molecule has 0 unspecified atom stereocenters. The molecule has 0 aliphatic carbocycles. The number of nitrogens with two attached hydrogens (primary N) is 1. The third-order valence-corrected chi connectivity index (χ3v) is 3.38. The van der Waals surface area contributed by atoms with E-state index in [1.807, 2.05) is 25.1 Å². The molecular formula is C15H15BrN2O2. The molecule has 4 nitrogen and oxygen atoms in total. The van der Waals surface area contributed by atoms with Crippen LogP contribution in [0.1, 0.15) is 17.3 Å². The second kappa shape index (κ2) is 6.43. The van der Waals surface area contributed by atoms with Crippen molar-refractivity contribution in [3.63, 3.8) is 0 Å². The van der Waals surface area contributed by atoms with Gasteiger partial charge in [-0.05, 0) is 53.2 Å². The maximum absolute atomic E-state index is 12.2. The molecule has 5 heteroatoms. The Labute approximate surface area is 126 Å². The normalized spacial score (nSPS) is 10.1. The highest BCUT2D eigenvalue weighted by Crippen LogP contribution is 2.25. The lowest BCUT2D eigenvalue weighted by molar-refractivity contribution is 0.102. The number of anilines is 2. The van der Waals surface area contributed by atoms with Gasteiger partial charge in [0.05, 0.1) is 12.3 Å². The van der Waals surface area contributed by atoms with Gasteiger partial charge in [-0.3, -0.25) is 4.79 Å². The minimum Gasteiger partial charge on any atom is -0.492 e. The average molecular weight is 335 g/mol. The van der Waals surface area contributed by atoms with Crippen molar-refractivity contribution in [2.75, 3.05) is 17.7 Å². The molecule has 0 heterocycles. The molecule has 0 atom stereocenters. The summed E-state index contributed by atoms with van der Waals surface area (Å²) in [5.74, 6) is 0.440. The first-order valence-electron chi connectivity index (χ1n) is 6.20. The molecule has 104 valence electrons. The number of para-hydroxylation sites is 2. The number of carbonyl (C=O) groups is 1. The molecule has 2 rings (SSSR count). The molecule has 0 saturated heterocycles. The zero-order valence-electron chi connectivity index (χ0n) is 11.0. The van der Waals surface area contributed by atoms with Crippen LogP contribution >= 0.6 is 15.9 Å². The topological polar surface area (TPSA) is 64.3 Å². The van der Waals surface area contributed by atoms with E-state index in [2.05, 4.69) is 21.2 Å². The van der Waals surface area contributed by atoms with E-state index in [0.717, 1.165) is 0 Å². The minimum absolute atomic E-state index is 0.210. The van der Waals surface area contributed by atoms with Crippen LogP contribution in [0.4, 0.5) is 11.4 Å². The molecule has 2 aromatic carbocycles. The summed E-state index contributed by atoms with van der Waals surface area (Å²) in [4.78, 5) is 12.2. The summed E-state index contributed by atoms with van der Waals surface area (Å²) in [6.07, 6.45) is 0. The van der Waals surface area contributed by atoms with Crippen molar-refractivity contribution in [1.82, 2.24) is 0 Å². The Morgan fingerprint density at radius 1 is 1.30 bits per heavy atom. The average Bonchev–Trinajstić information content (AvgIpc) is 2.44. The fourth-order valence-corrected chi connectivity index (χ4v) is 2.09. The molecule has 0 fully saturated rings. The molecule has 0 aromatic heterocycles. The van der Waals surface area contributed by atoms with Gasteiger partial charge in [0.15, 0.2) is 0 Å². The summed E-state index contributed by atoms with van der Waals surface area (Å²) in [6.45, 7) is 2.44. The highest BCUT2D eigenvalue weighted by atomic mass is 79.9. The lowest BCUT2D eigenvalue weighted by atomic mass is 10.2. The first-order valence-corrected chi connectivity index (χ1v) is 6.99. The van der Waals surface area contributed by atoms with Gasteiger partial charge in [0, 0.05) is 15.7 Å². The number of nitrogen functional groups attached to an aromatic ring is 1. The van der Waals surface area contributed by atoms with E-state index in [9.17, 15) is 4.79 Å². The van der Waals surface area contributed by atoms with Gasteiger partial charge < -0.3 is 15.8 Å². The summed E-state index contributed by atoms with van der Waals surface area (Å²) in [6, 6.07) is 12.4. The molecule has 3 N–H and O–H groups in total. The largest absolute Gasteiger partial charge is 0.492 e. The lowest BCUT2D eigenvalue weighted by Crippen LogP contribution is -2.13. The second-order valence-corrected chi connectivity index (χ2v) is 4.97. The quantitative estimate of drug-likeness (QED) is 0.838. The van der Waals surface area contributed by atoms with E-state index in [-0.39, 0.29) is 5.91 Å². The van der Waals surface area contributed by atoms with Crippen LogP contribution in [0.3, 0.4) is 0 Å². The molecule has 0 saturated carbocycles. The van der Waals surface area contributed by atoms with Gasteiger partial charge >= 0.3 is 0 Å². The van der Waals surface area contributed by atoms with Crippen LogP contribution < -0.4 is 15.8 Å². The number of benzene rings is 2. The molecule has 0 aliphatic rings. The molecule has 0 aliphatic heterocycles. The predicted octanol–water partition coefficient (Wildman–Crippen LogP) is 3.68. The number of halogens is 1. The van der Waals surface area contributed by atoms with Gasteiger partial charge in [-0.2, -0.15) is 0 Å². The zero-order chi connectivity index (χ0) is 14.5. The first kappa shape index (κ1) is 14.4. The Hall–Kier alpha value is -2.01. The number of amides is 1. The monoisotopic (exact) mass is 334 g/mol. The molecule has 0 bridgehead atoms. The van der Waals surface area contributed by atoms with E-state index >= 15 is 0 Å². The second-order valence-electron chi connectivity index (χ2n) is 4.12. The Balaban J connectivity index is 2.21. The van der Waals surface area contributed by atoms with Crippen molar-refractivity contribution >= 4 is 33.2 Å². The standard InChI is InChI=1S/C15H15BrN2O2/c1-2-20-14-6-4-3-5-13(14)18-15(19)10-7-8-12(17)11(16)9-10/h3-9H,2,17H2,1H3,(H,18,19). The SMILES string of the molecule is CCOc1ccccc1NC(=O)c1ccc(N)c(Br)c1. The number of carbonyl (C=O) groups excluding carboxylic acids is 1. The van der Waals surface area contributed by atoms with Crippen LogP contribution in [0.15, 0.2) is 46.9 Å². The summed E-state index contributed by atoms with van der Waals surface area (Å²) in [5, 5.41) is 2.83. The highest BCUT2D eigenvalue weighted by Gasteiger charge is 2.10. The fraction of sp³-hybridized carbons (Fsp3) is 0.133. The lowest BCUT2D eigenvalue weighted by Gasteiger charge is -2.11. The van der Waals surface area contributed by atoms with Crippen LogP contribution in [0.25, 0.3) is 0 Å². The van der Waals surface area contributed by atoms with Gasteiger partial charge in [-0.25, -0.2) is 0 Å². The Morgan fingerprint density at radius 3 is 2.75 bits per heavy atom. The van der Waals surface area contributed by atoms with Crippen molar-refractivity contribution in [3.8, 4) is 5.75 Å². The third kappa shape index (κ3) is 3.30. The van der Waals surface area contributed by atoms with Crippen LogP contribution in [0.2, 0.25) is 0 Å². The summed E-state index contributed by atoms with van der Waals surface area (Å²) >= 11 is 3.31. The number of hydrogen-bond donors (Lipinski definition) is 2.